The molecule has 1 aromatic carbocycles. The number of hydrogen-bond donors (Lipinski definition) is 1. The Morgan fingerprint density at radius 2 is 1.97 bits per heavy atom. The van der Waals surface area contributed by atoms with Crippen molar-refractivity contribution in [3.8, 4) is 11.5 Å². The van der Waals surface area contributed by atoms with Crippen LogP contribution in [-0.4, -0.2) is 79.7 Å². The number of aromatic nitrogens is 2. The molecule has 1 saturated heterocycles. The highest BCUT2D eigenvalue weighted by atomic mass is 16.5. The molecule has 1 aromatic heterocycles. The Morgan fingerprint density at radius 3 is 2.70 bits per heavy atom. The van der Waals surface area contributed by atoms with Crippen molar-refractivity contribution in [1.29, 1.82) is 0 Å². The summed E-state index contributed by atoms with van der Waals surface area (Å²) in [5, 5.41) is 11.2. The van der Waals surface area contributed by atoms with Gasteiger partial charge in [-0.25, -0.2) is 9.97 Å². The molecule has 0 radical (unpaired) electrons. The Bertz CT molecular complexity index is 792. The maximum Gasteiger partial charge on any atom is 0.225 e. The average molecular weight is 417 g/mol. The lowest BCUT2D eigenvalue weighted by Gasteiger charge is -2.41. The first-order valence-electron chi connectivity index (χ1n) is 10.2. The van der Waals surface area contributed by atoms with Crippen LogP contribution in [0.5, 0.6) is 11.5 Å². The summed E-state index contributed by atoms with van der Waals surface area (Å²) in [6, 6.07) is 7.72. The lowest BCUT2D eigenvalue weighted by Crippen LogP contribution is -2.54. The van der Waals surface area contributed by atoms with Gasteiger partial charge in [0.25, 0.3) is 0 Å². The maximum absolute atomic E-state index is 11.2. The van der Waals surface area contributed by atoms with Crippen molar-refractivity contribution in [2.75, 3.05) is 59.0 Å². The number of hydrogen-bond acceptors (Lipinski definition) is 8. The molecule has 1 aliphatic heterocycles. The van der Waals surface area contributed by atoms with Crippen LogP contribution in [0.1, 0.15) is 18.4 Å². The van der Waals surface area contributed by atoms with Crippen molar-refractivity contribution in [3.05, 3.63) is 42.2 Å². The summed E-state index contributed by atoms with van der Waals surface area (Å²) in [5.41, 5.74) is 0.282. The largest absolute Gasteiger partial charge is 0.493 e. The van der Waals surface area contributed by atoms with Gasteiger partial charge in [-0.15, -0.1) is 0 Å². The van der Waals surface area contributed by atoms with Gasteiger partial charge in [0.2, 0.25) is 5.95 Å². The molecule has 0 unspecified atom stereocenters. The zero-order valence-electron chi connectivity index (χ0n) is 18.1. The number of methoxy groups -OCH3 is 2. The van der Waals surface area contributed by atoms with E-state index in [4.69, 9.17) is 14.2 Å². The molecule has 0 aliphatic carbocycles. The normalized spacial score (nSPS) is 19.2. The van der Waals surface area contributed by atoms with Gasteiger partial charge in [0.05, 0.1) is 25.9 Å². The average Bonchev–Trinajstić information content (AvgIpc) is 2.74. The van der Waals surface area contributed by atoms with Crippen LogP contribution in [0.2, 0.25) is 0 Å². The SMILES string of the molecule is COCCOc1cc(CN(C)C[C@@]2(O)CCCN(c3ncccn3)C2)ccc1OC. The molecule has 1 atom stereocenters. The van der Waals surface area contributed by atoms with Gasteiger partial charge in [-0.2, -0.15) is 0 Å². The standard InChI is InChI=1S/C22H32N4O4/c1-25(15-18-6-7-19(29-3)20(14-18)30-13-12-28-2)16-22(27)8-4-11-26(17-22)21-23-9-5-10-24-21/h5-7,9-10,14,27H,4,8,11-13,15-17H2,1-3H3/t22-/m0/s1. The molecule has 0 saturated carbocycles. The number of piperidine rings is 1. The third kappa shape index (κ3) is 6.04. The lowest BCUT2D eigenvalue weighted by atomic mass is 9.92. The minimum absolute atomic E-state index is 0.462. The van der Waals surface area contributed by atoms with E-state index >= 15 is 0 Å². The van der Waals surface area contributed by atoms with Crippen LogP contribution < -0.4 is 14.4 Å². The van der Waals surface area contributed by atoms with Gasteiger partial charge < -0.3 is 24.2 Å². The number of anilines is 1. The van der Waals surface area contributed by atoms with Crippen molar-refractivity contribution in [2.24, 2.45) is 0 Å². The van der Waals surface area contributed by atoms with E-state index in [1.165, 1.54) is 0 Å². The van der Waals surface area contributed by atoms with Crippen molar-refractivity contribution in [2.45, 2.75) is 25.0 Å². The second-order valence-corrected chi connectivity index (χ2v) is 7.80. The Kier molecular flexibility index (Phi) is 7.84. The van der Waals surface area contributed by atoms with Crippen LogP contribution in [0.3, 0.4) is 0 Å². The van der Waals surface area contributed by atoms with E-state index in [0.717, 1.165) is 24.9 Å². The van der Waals surface area contributed by atoms with Crippen LogP contribution in [-0.2, 0) is 11.3 Å². The summed E-state index contributed by atoms with van der Waals surface area (Å²) < 4.78 is 16.2. The lowest BCUT2D eigenvalue weighted by molar-refractivity contribution is -0.00367. The van der Waals surface area contributed by atoms with Crippen LogP contribution in [0.4, 0.5) is 5.95 Å². The zero-order chi connectivity index (χ0) is 21.4. The Hall–Kier alpha value is -2.42. The van der Waals surface area contributed by atoms with Crippen LogP contribution in [0.25, 0.3) is 0 Å². The first-order chi connectivity index (χ1) is 14.5. The van der Waals surface area contributed by atoms with Gasteiger partial charge >= 0.3 is 0 Å². The van der Waals surface area contributed by atoms with Crippen LogP contribution in [0, 0.1) is 0 Å². The predicted molar refractivity (Wildman–Crippen MR) is 115 cm³/mol. The number of aliphatic hydroxyl groups is 1. The number of ether oxygens (including phenoxy) is 3. The topological polar surface area (TPSA) is 80.2 Å². The first-order valence-corrected chi connectivity index (χ1v) is 10.2. The summed E-state index contributed by atoms with van der Waals surface area (Å²) in [7, 11) is 5.30. The molecular formula is C22H32N4O4. The van der Waals surface area contributed by atoms with Crippen molar-refractivity contribution < 1.29 is 19.3 Å². The van der Waals surface area contributed by atoms with Gasteiger partial charge in [0.15, 0.2) is 11.5 Å². The molecular weight excluding hydrogens is 384 g/mol. The summed E-state index contributed by atoms with van der Waals surface area (Å²) in [6.45, 7) is 3.61. The molecule has 3 rings (SSSR count). The molecule has 1 aliphatic rings. The smallest absolute Gasteiger partial charge is 0.225 e. The molecule has 0 bridgehead atoms. The van der Waals surface area contributed by atoms with E-state index in [1.54, 1.807) is 32.7 Å². The maximum atomic E-state index is 11.2. The van der Waals surface area contributed by atoms with E-state index < -0.39 is 5.60 Å². The quantitative estimate of drug-likeness (QED) is 0.589. The fourth-order valence-corrected chi connectivity index (χ4v) is 3.90. The fraction of sp³-hybridized carbons (Fsp3) is 0.545. The third-order valence-corrected chi connectivity index (χ3v) is 5.18. The Morgan fingerprint density at radius 1 is 1.17 bits per heavy atom. The van der Waals surface area contributed by atoms with Crippen molar-refractivity contribution in [1.82, 2.24) is 14.9 Å². The van der Waals surface area contributed by atoms with E-state index in [9.17, 15) is 5.11 Å². The molecule has 1 fully saturated rings. The number of rotatable bonds is 10. The van der Waals surface area contributed by atoms with Crippen molar-refractivity contribution in [3.63, 3.8) is 0 Å². The predicted octanol–water partition coefficient (Wildman–Crippen LogP) is 1.97. The summed E-state index contributed by atoms with van der Waals surface area (Å²) in [4.78, 5) is 12.9. The molecule has 2 aromatic rings. The molecule has 164 valence electrons. The monoisotopic (exact) mass is 416 g/mol. The molecule has 8 heteroatoms. The highest BCUT2D eigenvalue weighted by Gasteiger charge is 2.35. The molecule has 0 amide bonds. The minimum atomic E-state index is -0.809. The van der Waals surface area contributed by atoms with E-state index in [2.05, 4.69) is 19.8 Å². The summed E-state index contributed by atoms with van der Waals surface area (Å²) >= 11 is 0. The second-order valence-electron chi connectivity index (χ2n) is 7.80. The Labute approximate surface area is 178 Å². The fourth-order valence-electron chi connectivity index (χ4n) is 3.90. The number of β-amino-alcohol motifs (C(OH)–C–C–N with tert-alkyl or cyclic N) is 1. The van der Waals surface area contributed by atoms with E-state index in [0.29, 0.717) is 50.3 Å². The first kappa shape index (κ1) is 22.3. The number of likely N-dealkylation sites (N-methyl/N-ethyl adjacent to an activating group) is 1. The van der Waals surface area contributed by atoms with Crippen LogP contribution >= 0.6 is 0 Å². The molecule has 1 N–H and O–H groups in total. The van der Waals surface area contributed by atoms with E-state index in [1.807, 2.05) is 25.2 Å². The van der Waals surface area contributed by atoms with Gasteiger partial charge in [0.1, 0.15) is 6.61 Å². The molecule has 2 heterocycles. The van der Waals surface area contributed by atoms with Gasteiger partial charge in [0, 0.05) is 39.1 Å². The van der Waals surface area contributed by atoms with Crippen molar-refractivity contribution >= 4 is 5.95 Å². The van der Waals surface area contributed by atoms with Gasteiger partial charge in [-0.1, -0.05) is 6.07 Å². The molecule has 30 heavy (non-hydrogen) atoms. The van der Waals surface area contributed by atoms with Gasteiger partial charge in [-0.3, -0.25) is 4.90 Å². The third-order valence-electron chi connectivity index (χ3n) is 5.18. The molecule has 8 nitrogen and oxygen atoms in total. The second kappa shape index (κ2) is 10.6. The van der Waals surface area contributed by atoms with E-state index in [-0.39, 0.29) is 0 Å². The summed E-state index contributed by atoms with van der Waals surface area (Å²) in [6.07, 6.45) is 5.13. The minimum Gasteiger partial charge on any atom is -0.493 e. The van der Waals surface area contributed by atoms with Crippen LogP contribution in [0.15, 0.2) is 36.7 Å². The number of nitrogens with zero attached hydrogens (tertiary/aromatic N) is 4. The summed E-state index contributed by atoms with van der Waals surface area (Å²) in [5.74, 6) is 2.07. The highest BCUT2D eigenvalue weighted by molar-refractivity contribution is 5.43. The zero-order valence-corrected chi connectivity index (χ0v) is 18.1. The Balaban J connectivity index is 1.61. The highest BCUT2D eigenvalue weighted by Crippen LogP contribution is 2.29. The number of benzene rings is 1. The van der Waals surface area contributed by atoms with Gasteiger partial charge in [-0.05, 0) is 43.7 Å². The molecule has 0 spiro atoms.